The summed E-state index contributed by atoms with van der Waals surface area (Å²) in [7, 11) is 0. The van der Waals surface area contributed by atoms with Crippen LogP contribution in [0.1, 0.15) is 299 Å². The van der Waals surface area contributed by atoms with E-state index in [0.29, 0.717) is 35.2 Å². The van der Waals surface area contributed by atoms with E-state index in [1.54, 1.807) is 47.6 Å². The Kier molecular flexibility index (Phi) is 40.8. The molecule has 1 saturated carbocycles. The highest BCUT2D eigenvalue weighted by Crippen LogP contribution is 2.38. The van der Waals surface area contributed by atoms with Crippen LogP contribution >= 0.6 is 11.6 Å². The van der Waals surface area contributed by atoms with E-state index in [4.69, 9.17) is 11.6 Å². The average molecular weight is 1370 g/mol. The van der Waals surface area contributed by atoms with Gasteiger partial charge in [-0.3, -0.25) is 4.98 Å². The molecule has 0 unspecified atom stereocenters. The Morgan fingerprint density at radius 2 is 0.653 bits per heavy atom. The third-order valence-electron chi connectivity index (χ3n) is 17.6. The van der Waals surface area contributed by atoms with Crippen LogP contribution in [-0.2, 0) is 0 Å². The third kappa shape index (κ3) is 33.2. The lowest BCUT2D eigenvalue weighted by atomic mass is 9.76. The van der Waals surface area contributed by atoms with E-state index in [0.717, 1.165) is 66.1 Å². The van der Waals surface area contributed by atoms with Crippen molar-refractivity contribution in [1.82, 2.24) is 4.98 Å². The minimum Gasteiger partial charge on any atom is -0.259 e. The molecule has 0 N–H and O–H groups in total. The minimum atomic E-state index is -0.856. The Bertz CT molecular complexity index is 3220. The Morgan fingerprint density at radius 3 is 0.929 bits per heavy atom. The van der Waals surface area contributed by atoms with Gasteiger partial charge in [-0.15, -0.1) is 0 Å². The molecule has 540 valence electrons. The maximum Gasteiger partial charge on any atom is 0.147 e. The zero-order chi connectivity index (χ0) is 75.1. The van der Waals surface area contributed by atoms with Crippen LogP contribution in [0.5, 0.6) is 0 Å². The summed E-state index contributed by atoms with van der Waals surface area (Å²) >= 11 is 6.02. The van der Waals surface area contributed by atoms with Crippen molar-refractivity contribution in [3.63, 3.8) is 0 Å². The first-order valence-electron chi connectivity index (χ1n) is 35.7. The first kappa shape index (κ1) is 89.6. The molecule has 0 aliphatic heterocycles. The van der Waals surface area contributed by atoms with Crippen molar-refractivity contribution in [2.75, 3.05) is 0 Å². The van der Waals surface area contributed by atoms with Crippen LogP contribution in [0.3, 0.4) is 0 Å². The second-order valence-corrected chi connectivity index (χ2v) is 30.3. The van der Waals surface area contributed by atoms with Gasteiger partial charge in [0.05, 0.1) is 12.4 Å². The molecule has 1 aliphatic rings. The number of nitrogens with zero attached hydrogens (tertiary/aromatic N) is 1. The van der Waals surface area contributed by atoms with Crippen LogP contribution in [0.2, 0.25) is 5.02 Å². The number of pyridine rings is 1. The van der Waals surface area contributed by atoms with E-state index in [1.165, 1.54) is 78.9 Å². The van der Waals surface area contributed by atoms with Gasteiger partial charge in [0.1, 0.15) is 34.8 Å². The Hall–Kier alpha value is -6.44. The summed E-state index contributed by atoms with van der Waals surface area (Å²) in [6.07, 6.45) is 5.78. The summed E-state index contributed by atoms with van der Waals surface area (Å²) < 4.78 is 78.3. The number of benzene rings is 7. The molecule has 98 heavy (non-hydrogen) atoms. The van der Waals surface area contributed by atoms with Crippen molar-refractivity contribution < 1.29 is 26.3 Å². The first-order chi connectivity index (χ1) is 45.5. The highest BCUT2D eigenvalue weighted by Gasteiger charge is 2.31. The highest BCUT2D eigenvalue weighted by molar-refractivity contribution is 6.31. The predicted octanol–water partition coefficient (Wildman–Crippen LogP) is 29.6. The second kappa shape index (κ2) is 44.6. The molecule has 1 aromatic heterocycles. The van der Waals surface area contributed by atoms with E-state index in [-0.39, 0.29) is 34.7 Å². The summed E-state index contributed by atoms with van der Waals surface area (Å²) in [4.78, 5) is 3.38. The fraction of sp³-hybridized carbons (Fsp3) is 0.478. The lowest BCUT2D eigenvalue weighted by molar-refractivity contribution is 0.0893. The molecular weight excluding hydrogens is 1240 g/mol. The molecule has 0 radical (unpaired) electrons. The van der Waals surface area contributed by atoms with E-state index >= 15 is 0 Å². The number of hydrogen-bond donors (Lipinski definition) is 0. The number of halogens is 7. The lowest BCUT2D eigenvalue weighted by Crippen LogP contribution is -2.27. The Balaban J connectivity index is 0.000000551. The molecule has 0 saturated heterocycles. The molecule has 0 atom stereocenters. The van der Waals surface area contributed by atoms with Gasteiger partial charge in [-0.1, -0.05) is 257 Å². The topological polar surface area (TPSA) is 12.9 Å². The minimum absolute atomic E-state index is 0.0833. The normalized spacial score (nSPS) is 13.9. The number of aromatic nitrogens is 1. The van der Waals surface area contributed by atoms with Gasteiger partial charge in [0.2, 0.25) is 0 Å². The van der Waals surface area contributed by atoms with Crippen molar-refractivity contribution in [1.29, 1.82) is 0 Å². The number of alkyl halides is 1. The van der Waals surface area contributed by atoms with E-state index in [2.05, 4.69) is 234 Å². The molecule has 1 aliphatic carbocycles. The van der Waals surface area contributed by atoms with Crippen LogP contribution in [0.25, 0.3) is 0 Å². The molecule has 7 aromatic carbocycles. The SMILES string of the molecule is CC(C)C1CCC(C)(F)CC1.CC(C)c1c(F)cncc1F.Cc1cc(F)c(C(C)C)c(F)c1.Cc1ccc(C(C)C)c(Cl)c1.Cc1ccc(C(C)C)c(F)c1.Cc1ccc(C(C)C)cc1.Cc1ccc(C(C)C)cc1.Cc1cccc(C)c1C(C)C.Cc1cccc(C)c1C(C)C. The Morgan fingerprint density at radius 1 is 0.347 bits per heavy atom. The zero-order valence-corrected chi connectivity index (χ0v) is 66.3. The second-order valence-electron chi connectivity index (χ2n) is 29.9. The van der Waals surface area contributed by atoms with Gasteiger partial charge in [0.15, 0.2) is 0 Å². The quantitative estimate of drug-likeness (QED) is 0.131. The van der Waals surface area contributed by atoms with Gasteiger partial charge >= 0.3 is 0 Å². The molecule has 8 aromatic rings. The van der Waals surface area contributed by atoms with Crippen LogP contribution in [-0.4, -0.2) is 10.7 Å². The summed E-state index contributed by atoms with van der Waals surface area (Å²) in [6, 6.07) is 44.7. The molecular formula is C90H126ClF6N. The monoisotopic (exact) mass is 1370 g/mol. The maximum atomic E-state index is 13.3. The van der Waals surface area contributed by atoms with Crippen LogP contribution in [0, 0.1) is 103 Å². The van der Waals surface area contributed by atoms with Crippen molar-refractivity contribution in [3.05, 3.63) is 275 Å². The molecule has 0 bridgehead atoms. The number of aryl methyl sites for hydroxylation is 9. The molecule has 9 rings (SSSR count). The van der Waals surface area contributed by atoms with Gasteiger partial charge in [-0.2, -0.15) is 0 Å². The van der Waals surface area contributed by atoms with Gasteiger partial charge in [0.25, 0.3) is 0 Å². The molecule has 0 spiro atoms. The van der Waals surface area contributed by atoms with Gasteiger partial charge < -0.3 is 0 Å². The lowest BCUT2D eigenvalue weighted by Gasteiger charge is -2.33. The van der Waals surface area contributed by atoms with Crippen molar-refractivity contribution in [2.45, 2.75) is 273 Å². The fourth-order valence-electron chi connectivity index (χ4n) is 11.7. The Labute approximate surface area is 598 Å². The summed E-state index contributed by atoms with van der Waals surface area (Å²) in [5.41, 5.74) is 18.5. The molecule has 1 nitrogen and oxygen atoms in total. The predicted molar refractivity (Wildman–Crippen MR) is 416 cm³/mol. The van der Waals surface area contributed by atoms with Crippen molar-refractivity contribution >= 4 is 11.6 Å². The summed E-state index contributed by atoms with van der Waals surface area (Å²) in [5, 5.41) is 0.889. The average Bonchev–Trinajstić information content (AvgIpc) is 0.966. The van der Waals surface area contributed by atoms with Crippen LogP contribution < -0.4 is 0 Å². The standard InChI is InChI=1S/2C11H16.C10H13Cl.C10H12F2.C10H19F.C10H13F.2C10H14.C8H9F2N/c2*1-8(2)11-9(3)6-5-7-10(11)4;1-7(2)9-5-4-8(3)6-10(9)11;1-6(2)10-8(11)4-7(3)5-9(10)12;1-8(2)9-4-6-10(3,11)7-5-9;1-7(2)9-5-4-8(3)6-10(9)11;2*1-8(2)10-6-4-9(3)5-7-10;1-5(2)8-6(9)3-11-4-7(8)10/h2*5-8H,1-4H3;4-7H,1-3H3;4-6H,1-3H3;8-9H,4-7H2,1-3H3;4-7H,1-3H3;2*4-8H,1-3H3;3-5H,1-2H3. The van der Waals surface area contributed by atoms with E-state index < -0.39 is 28.9 Å². The zero-order valence-electron chi connectivity index (χ0n) is 65.6. The van der Waals surface area contributed by atoms with Gasteiger partial charge in [0, 0.05) is 16.1 Å². The summed E-state index contributed by atoms with van der Waals surface area (Å²) in [6.45, 7) is 58.0. The number of rotatable bonds is 9. The molecule has 1 fully saturated rings. The molecule has 8 heteroatoms. The third-order valence-corrected chi connectivity index (χ3v) is 17.9. The maximum absolute atomic E-state index is 13.3. The van der Waals surface area contributed by atoms with E-state index in [9.17, 15) is 26.3 Å². The van der Waals surface area contributed by atoms with E-state index in [1.807, 2.05) is 39.0 Å². The van der Waals surface area contributed by atoms with Crippen LogP contribution in [0.4, 0.5) is 26.3 Å². The summed E-state index contributed by atoms with van der Waals surface area (Å²) in [5.74, 6) is 2.56. The van der Waals surface area contributed by atoms with Crippen molar-refractivity contribution in [2.24, 2.45) is 11.8 Å². The van der Waals surface area contributed by atoms with Crippen LogP contribution in [0.15, 0.2) is 146 Å². The molecule has 1 heterocycles. The number of hydrogen-bond acceptors (Lipinski definition) is 1. The first-order valence-corrected chi connectivity index (χ1v) is 36.1. The van der Waals surface area contributed by atoms with Gasteiger partial charge in [-0.25, -0.2) is 26.3 Å². The highest BCUT2D eigenvalue weighted by atomic mass is 35.5. The fourth-order valence-corrected chi connectivity index (χ4v) is 12.2. The largest absolute Gasteiger partial charge is 0.259 e. The molecule has 0 amide bonds. The smallest absolute Gasteiger partial charge is 0.147 e. The van der Waals surface area contributed by atoms with Crippen molar-refractivity contribution in [3.8, 4) is 0 Å². The van der Waals surface area contributed by atoms with Gasteiger partial charge in [-0.05, 0) is 251 Å².